The molecule has 0 saturated heterocycles. The van der Waals surface area contributed by atoms with Crippen LogP contribution in [-0.2, 0) is 30.0 Å². The fourth-order valence-corrected chi connectivity index (χ4v) is 40.3. The first-order valence-electron chi connectivity index (χ1n) is 14.2. The average Bonchev–Trinajstić information content (AvgIpc) is 3.60. The van der Waals surface area contributed by atoms with E-state index in [2.05, 4.69) is 153 Å². The molecule has 2 aliphatic rings. The second-order valence-corrected chi connectivity index (χ2v) is 41.6. The number of rotatable bonds is 4. The second-order valence-electron chi connectivity index (χ2n) is 11.5. The van der Waals surface area contributed by atoms with Gasteiger partial charge in [0.05, 0.1) is 0 Å². The molecule has 8 rings (SSSR count). The van der Waals surface area contributed by atoms with Crippen molar-refractivity contribution in [1.29, 1.82) is 0 Å². The van der Waals surface area contributed by atoms with E-state index in [0.29, 0.717) is 0 Å². The summed E-state index contributed by atoms with van der Waals surface area (Å²) in [5, 5.41) is 0. The molecule has 4 heteroatoms. The molecule has 0 bridgehead atoms. The van der Waals surface area contributed by atoms with Crippen LogP contribution in [0.15, 0.2) is 146 Å². The third-order valence-electron chi connectivity index (χ3n) is 9.71. The summed E-state index contributed by atoms with van der Waals surface area (Å²) in [6.07, 6.45) is 2.00. The van der Waals surface area contributed by atoms with Crippen molar-refractivity contribution >= 4 is 45.0 Å². The molecule has 0 heterocycles. The Morgan fingerprint density at radius 2 is 0.738 bits per heavy atom. The normalized spacial score (nSPS) is 12.7. The van der Waals surface area contributed by atoms with Crippen LogP contribution in [0.4, 0.5) is 0 Å². The topological polar surface area (TPSA) is 0 Å². The molecule has 42 heavy (non-hydrogen) atoms. The maximum absolute atomic E-state index is 4.73. The van der Waals surface area contributed by atoms with Gasteiger partial charge in [-0.2, -0.15) is 0 Å². The quantitative estimate of drug-likeness (QED) is 0.180. The second kappa shape index (κ2) is 10.9. The van der Waals surface area contributed by atoms with Crippen molar-refractivity contribution in [2.45, 2.75) is 12.8 Å². The Morgan fingerprint density at radius 3 is 1.17 bits per heavy atom. The van der Waals surface area contributed by atoms with E-state index in [0.717, 1.165) is 12.8 Å². The van der Waals surface area contributed by atoms with E-state index in [1.807, 2.05) is 0 Å². The van der Waals surface area contributed by atoms with Crippen molar-refractivity contribution in [3.05, 3.63) is 168 Å². The van der Waals surface area contributed by atoms with Crippen LogP contribution in [0.5, 0.6) is 0 Å². The molecular weight excluding hydrogens is 734 g/mol. The molecule has 0 nitrogen and oxygen atoms in total. The van der Waals surface area contributed by atoms with Gasteiger partial charge in [-0.05, 0) is 0 Å². The van der Waals surface area contributed by atoms with Gasteiger partial charge in [0, 0.05) is 0 Å². The zero-order chi connectivity index (χ0) is 26.8. The fourth-order valence-electron chi connectivity index (χ4n) is 7.89. The van der Waals surface area contributed by atoms with Gasteiger partial charge in [0.25, 0.3) is 0 Å². The number of hydrogen-bond donors (Lipinski definition) is 0. The van der Waals surface area contributed by atoms with Gasteiger partial charge in [0.15, 0.2) is 0 Å². The Morgan fingerprint density at radius 1 is 0.381 bits per heavy atom. The van der Waals surface area contributed by atoms with Crippen LogP contribution in [0.2, 0.25) is 0 Å². The van der Waals surface area contributed by atoms with Crippen LogP contribution in [-0.4, -0.2) is 6.94 Å². The van der Waals surface area contributed by atoms with Crippen LogP contribution in [0.3, 0.4) is 0 Å². The molecule has 0 radical (unpaired) electrons. The minimum absolute atomic E-state index is 0. The first-order valence-corrected chi connectivity index (χ1v) is 29.7. The first-order chi connectivity index (χ1) is 19.7. The van der Waals surface area contributed by atoms with Crippen molar-refractivity contribution in [3.8, 4) is 22.3 Å². The summed E-state index contributed by atoms with van der Waals surface area (Å²) in [7, 11) is 0. The average molecular weight is 766 g/mol. The van der Waals surface area contributed by atoms with E-state index >= 15 is 0 Å². The molecule has 0 atom stereocenters. The summed E-state index contributed by atoms with van der Waals surface area (Å²) >= 11 is -4.73. The zero-order valence-corrected chi connectivity index (χ0v) is 29.9. The molecule has 6 aromatic carbocycles. The number of benzene rings is 6. The summed E-state index contributed by atoms with van der Waals surface area (Å²) in [6.45, 7) is 2.39. The summed E-state index contributed by atoms with van der Waals surface area (Å²) in [6, 6.07) is 55.6. The standard InChI is InChI=1S/2C13H9.2C6H5.2ClH.Hf.H2Si/c2*1-3-7-12-10(5-1)9-11-6-2-4-8-13(11)12;2*1-2-4-6-5-3-1;;;;/h2*1-5,7-8H,9H2;2*1-5H;2*1H;;1H2. The number of halogens is 2. The molecule has 0 amide bonds. The van der Waals surface area contributed by atoms with Crippen molar-refractivity contribution in [3.63, 3.8) is 0 Å². The Kier molecular flexibility index (Phi) is 7.56. The zero-order valence-electron chi connectivity index (χ0n) is 23.3. The van der Waals surface area contributed by atoms with Crippen molar-refractivity contribution in [2.75, 3.05) is 0 Å². The van der Waals surface area contributed by atoms with Gasteiger partial charge in [-0.1, -0.05) is 0 Å². The minimum atomic E-state index is -4.73. The molecule has 0 saturated carbocycles. The Balaban J connectivity index is 0.00000158. The molecule has 0 N–H and O–H groups in total. The summed E-state index contributed by atoms with van der Waals surface area (Å²) in [5.74, 6) is 0. The van der Waals surface area contributed by atoms with E-state index in [4.69, 9.17) is 0 Å². The van der Waals surface area contributed by atoms with Crippen LogP contribution in [0.1, 0.15) is 22.3 Å². The van der Waals surface area contributed by atoms with Gasteiger partial charge in [0.2, 0.25) is 0 Å². The van der Waals surface area contributed by atoms with Gasteiger partial charge in [-0.25, -0.2) is 0 Å². The van der Waals surface area contributed by atoms with Gasteiger partial charge < -0.3 is 0 Å². The maximum atomic E-state index is 2.51. The van der Waals surface area contributed by atoms with Gasteiger partial charge >= 0.3 is 240 Å². The molecule has 0 spiro atoms. The van der Waals surface area contributed by atoms with Crippen molar-refractivity contribution in [1.82, 2.24) is 0 Å². The summed E-state index contributed by atoms with van der Waals surface area (Å²) < 4.78 is 6.26. The number of fused-ring (bicyclic) bond motifs is 6. The predicted molar refractivity (Wildman–Crippen MR) is 184 cm³/mol. The Hall–Kier alpha value is -3.01. The Bertz CT molecular complexity index is 1870. The molecule has 0 unspecified atom stereocenters. The molecule has 0 aromatic heterocycles. The van der Waals surface area contributed by atoms with Crippen LogP contribution >= 0.6 is 24.8 Å². The SMILES string of the molecule is Cl.Cl.[SiH2]=[Hf]([c]1ccccc1)([c]1ccccc1)([c]1cccc2c1Cc1ccccc1-2)[c]1cccc2c1Cc1ccccc1-2. The van der Waals surface area contributed by atoms with Gasteiger partial charge in [-0.3, -0.25) is 0 Å². The molecule has 0 fully saturated rings. The number of hydrogen-bond acceptors (Lipinski definition) is 0. The van der Waals surface area contributed by atoms with Crippen LogP contribution < -0.4 is 13.3 Å². The third-order valence-corrected chi connectivity index (χ3v) is 46.1. The van der Waals surface area contributed by atoms with E-state index < -0.39 is 17.1 Å². The van der Waals surface area contributed by atoms with E-state index in [1.54, 1.807) is 6.64 Å². The third kappa shape index (κ3) is 3.89. The molecular formula is C38H32Cl2HfSi. The van der Waals surface area contributed by atoms with Crippen molar-refractivity contribution < 1.29 is 17.1 Å². The monoisotopic (exact) mass is 766 g/mol. The van der Waals surface area contributed by atoms with Gasteiger partial charge in [-0.15, -0.1) is 24.8 Å². The van der Waals surface area contributed by atoms with Crippen LogP contribution in [0, 0.1) is 0 Å². The van der Waals surface area contributed by atoms with Crippen LogP contribution in [0.25, 0.3) is 22.3 Å². The van der Waals surface area contributed by atoms with Gasteiger partial charge in [0.1, 0.15) is 0 Å². The Labute approximate surface area is 263 Å². The first kappa shape index (κ1) is 29.1. The summed E-state index contributed by atoms with van der Waals surface area (Å²) in [4.78, 5) is 0. The summed E-state index contributed by atoms with van der Waals surface area (Å²) in [5.41, 5.74) is 11.6. The van der Waals surface area contributed by atoms with E-state index in [1.165, 1.54) is 51.1 Å². The molecule has 6 aromatic rings. The van der Waals surface area contributed by atoms with E-state index in [-0.39, 0.29) is 24.8 Å². The fraction of sp³-hybridized carbons (Fsp3) is 0.0526. The molecule has 2 aliphatic carbocycles. The molecule has 0 aliphatic heterocycles. The van der Waals surface area contributed by atoms with E-state index in [9.17, 15) is 0 Å². The van der Waals surface area contributed by atoms with Crippen molar-refractivity contribution in [2.24, 2.45) is 0 Å². The molecule has 206 valence electrons. The predicted octanol–water partition coefficient (Wildman–Crippen LogP) is 6.51.